The number of nitrogens with zero attached hydrogens (tertiary/aromatic N) is 3. The zero-order valence-electron chi connectivity index (χ0n) is 12.2. The smallest absolute Gasteiger partial charge is 0.358 e. The molecule has 0 saturated heterocycles. The maximum atomic E-state index is 12.2. The number of carbonyl (C=O) groups is 1. The first-order valence-corrected chi connectivity index (χ1v) is 7.60. The Morgan fingerprint density at radius 1 is 1.27 bits per heavy atom. The molecule has 0 bridgehead atoms. The highest BCUT2D eigenvalue weighted by atomic mass is 79.9. The van der Waals surface area contributed by atoms with Crippen LogP contribution >= 0.6 is 15.9 Å². The molecule has 0 saturated carbocycles. The lowest BCUT2D eigenvalue weighted by molar-refractivity contribution is 0.0307. The molecule has 0 aliphatic rings. The molecular formula is C16H14BrN3O2. The third kappa shape index (κ3) is 2.62. The molecule has 6 heteroatoms. The van der Waals surface area contributed by atoms with Crippen molar-refractivity contribution >= 4 is 32.9 Å². The molecule has 0 aliphatic carbocycles. The average Bonchev–Trinajstić information content (AvgIpc) is 2.85. The first-order chi connectivity index (χ1) is 10.6. The maximum Gasteiger partial charge on any atom is 0.358 e. The molecule has 3 aromatic rings. The van der Waals surface area contributed by atoms with Crippen molar-refractivity contribution in [1.29, 1.82) is 0 Å². The zero-order chi connectivity index (χ0) is 15.7. The van der Waals surface area contributed by atoms with Gasteiger partial charge in [-0.05, 0) is 47.1 Å². The van der Waals surface area contributed by atoms with Gasteiger partial charge in [0.2, 0.25) is 0 Å². The van der Waals surface area contributed by atoms with Crippen molar-refractivity contribution in [2.24, 2.45) is 7.05 Å². The molecule has 2 heterocycles. The van der Waals surface area contributed by atoms with Crippen molar-refractivity contribution in [3.8, 4) is 0 Å². The van der Waals surface area contributed by atoms with E-state index in [1.165, 1.54) is 0 Å². The third-order valence-electron chi connectivity index (χ3n) is 3.42. The van der Waals surface area contributed by atoms with E-state index >= 15 is 0 Å². The Morgan fingerprint density at radius 2 is 2.05 bits per heavy atom. The molecule has 1 aromatic carbocycles. The Labute approximate surface area is 136 Å². The SMILES string of the molecule is C[C@@H](OC(=O)c1ncccc1Br)c1nc2ccccc2n1C. The van der Waals surface area contributed by atoms with Gasteiger partial charge in [0.1, 0.15) is 0 Å². The number of esters is 1. The second kappa shape index (κ2) is 5.88. The number of halogens is 1. The number of pyridine rings is 1. The molecular weight excluding hydrogens is 346 g/mol. The first-order valence-electron chi connectivity index (χ1n) is 6.81. The molecule has 0 N–H and O–H groups in total. The van der Waals surface area contributed by atoms with E-state index in [9.17, 15) is 4.79 Å². The van der Waals surface area contributed by atoms with Crippen molar-refractivity contribution in [2.75, 3.05) is 0 Å². The van der Waals surface area contributed by atoms with Gasteiger partial charge in [-0.3, -0.25) is 0 Å². The second-order valence-corrected chi connectivity index (χ2v) is 5.75. The summed E-state index contributed by atoms with van der Waals surface area (Å²) in [4.78, 5) is 20.8. The lowest BCUT2D eigenvalue weighted by Gasteiger charge is -2.13. The minimum absolute atomic E-state index is 0.258. The molecule has 0 fully saturated rings. The maximum absolute atomic E-state index is 12.2. The van der Waals surface area contributed by atoms with Crippen LogP contribution in [0, 0.1) is 0 Å². The number of imidazole rings is 1. The summed E-state index contributed by atoms with van der Waals surface area (Å²) in [5.41, 5.74) is 2.13. The predicted molar refractivity (Wildman–Crippen MR) is 86.5 cm³/mol. The van der Waals surface area contributed by atoms with Gasteiger partial charge < -0.3 is 9.30 Å². The Morgan fingerprint density at radius 3 is 2.77 bits per heavy atom. The van der Waals surface area contributed by atoms with Crippen LogP contribution in [0.1, 0.15) is 29.3 Å². The van der Waals surface area contributed by atoms with Crippen LogP contribution in [0.4, 0.5) is 0 Å². The molecule has 0 spiro atoms. The van der Waals surface area contributed by atoms with Gasteiger partial charge in [0.15, 0.2) is 17.6 Å². The molecule has 0 unspecified atom stereocenters. The molecule has 1 atom stereocenters. The molecule has 3 rings (SSSR count). The van der Waals surface area contributed by atoms with Crippen molar-refractivity contribution in [2.45, 2.75) is 13.0 Å². The van der Waals surface area contributed by atoms with Gasteiger partial charge in [0.25, 0.3) is 0 Å². The van der Waals surface area contributed by atoms with Crippen molar-refractivity contribution in [1.82, 2.24) is 14.5 Å². The third-order valence-corrected chi connectivity index (χ3v) is 4.06. The molecule has 5 nitrogen and oxygen atoms in total. The van der Waals surface area contributed by atoms with Crippen LogP contribution in [0.15, 0.2) is 47.1 Å². The first kappa shape index (κ1) is 14.7. The number of para-hydroxylation sites is 2. The van der Waals surface area contributed by atoms with Crippen LogP contribution in [0.25, 0.3) is 11.0 Å². The molecule has 0 radical (unpaired) electrons. The summed E-state index contributed by atoms with van der Waals surface area (Å²) in [6.07, 6.45) is 1.08. The van der Waals surface area contributed by atoms with Crippen molar-refractivity contribution in [3.05, 3.63) is 58.6 Å². The number of benzene rings is 1. The number of hydrogen-bond donors (Lipinski definition) is 0. The van der Waals surface area contributed by atoms with E-state index in [-0.39, 0.29) is 5.69 Å². The van der Waals surface area contributed by atoms with Gasteiger partial charge in [-0.15, -0.1) is 0 Å². The van der Waals surface area contributed by atoms with E-state index in [0.29, 0.717) is 10.3 Å². The minimum Gasteiger partial charge on any atom is -0.450 e. The highest BCUT2D eigenvalue weighted by Crippen LogP contribution is 2.23. The van der Waals surface area contributed by atoms with E-state index in [1.807, 2.05) is 35.9 Å². The summed E-state index contributed by atoms with van der Waals surface area (Å²) >= 11 is 3.30. The standard InChI is InChI=1S/C16H14BrN3O2/c1-10(22-16(21)14-11(17)6-5-9-18-14)15-19-12-7-3-4-8-13(12)20(15)2/h3-10H,1-2H3/t10-/m1/s1. The van der Waals surface area contributed by atoms with Crippen LogP contribution in [0.2, 0.25) is 0 Å². The number of rotatable bonds is 3. The Kier molecular flexibility index (Phi) is 3.94. The Bertz CT molecular complexity index is 844. The molecule has 0 aliphatic heterocycles. The number of aromatic nitrogens is 3. The predicted octanol–water partition coefficient (Wildman–Crippen LogP) is 3.65. The number of ether oxygens (including phenoxy) is 1. The fourth-order valence-corrected chi connectivity index (χ4v) is 2.75. The van der Waals surface area contributed by atoms with E-state index in [0.717, 1.165) is 11.0 Å². The van der Waals surface area contributed by atoms with Crippen molar-refractivity contribution < 1.29 is 9.53 Å². The minimum atomic E-state index is -0.480. The molecule has 0 amide bonds. The monoisotopic (exact) mass is 359 g/mol. The van der Waals surface area contributed by atoms with Crippen molar-refractivity contribution in [3.63, 3.8) is 0 Å². The van der Waals surface area contributed by atoms with Gasteiger partial charge >= 0.3 is 5.97 Å². The van der Waals surface area contributed by atoms with Gasteiger partial charge in [0.05, 0.1) is 15.5 Å². The van der Waals surface area contributed by atoms with Gasteiger partial charge in [-0.25, -0.2) is 14.8 Å². The summed E-state index contributed by atoms with van der Waals surface area (Å²) < 4.78 is 8.04. The summed E-state index contributed by atoms with van der Waals surface area (Å²) in [7, 11) is 1.91. The summed E-state index contributed by atoms with van der Waals surface area (Å²) in [5, 5.41) is 0. The van der Waals surface area contributed by atoms with Gasteiger partial charge in [-0.1, -0.05) is 12.1 Å². The Balaban J connectivity index is 1.87. The fourth-order valence-electron chi connectivity index (χ4n) is 2.33. The number of aryl methyl sites for hydroxylation is 1. The Hall–Kier alpha value is -2.21. The summed E-state index contributed by atoms with van der Waals surface area (Å²) in [6.45, 7) is 1.80. The largest absolute Gasteiger partial charge is 0.450 e. The van der Waals surface area contributed by atoms with E-state index in [1.54, 1.807) is 25.3 Å². The fraction of sp³-hybridized carbons (Fsp3) is 0.188. The molecule has 22 heavy (non-hydrogen) atoms. The molecule has 2 aromatic heterocycles. The average molecular weight is 360 g/mol. The van der Waals surface area contributed by atoms with E-state index < -0.39 is 12.1 Å². The van der Waals surface area contributed by atoms with Crippen LogP contribution in [-0.2, 0) is 11.8 Å². The number of fused-ring (bicyclic) bond motifs is 1. The van der Waals surface area contributed by atoms with Crippen LogP contribution in [0.3, 0.4) is 0 Å². The van der Waals surface area contributed by atoms with E-state index in [4.69, 9.17) is 4.74 Å². The van der Waals surface area contributed by atoms with Gasteiger partial charge in [0, 0.05) is 13.2 Å². The highest BCUT2D eigenvalue weighted by molar-refractivity contribution is 9.10. The molecule has 112 valence electrons. The summed E-state index contributed by atoms with van der Waals surface area (Å²) in [5.74, 6) is 0.216. The van der Waals surface area contributed by atoms with Crippen LogP contribution < -0.4 is 0 Å². The van der Waals surface area contributed by atoms with Crippen LogP contribution in [-0.4, -0.2) is 20.5 Å². The normalized spacial score (nSPS) is 12.3. The number of carbonyl (C=O) groups excluding carboxylic acids is 1. The topological polar surface area (TPSA) is 57.0 Å². The summed E-state index contributed by atoms with van der Waals surface area (Å²) in [6, 6.07) is 11.3. The lowest BCUT2D eigenvalue weighted by atomic mass is 10.3. The highest BCUT2D eigenvalue weighted by Gasteiger charge is 2.21. The number of hydrogen-bond acceptors (Lipinski definition) is 4. The van der Waals surface area contributed by atoms with E-state index in [2.05, 4.69) is 25.9 Å². The second-order valence-electron chi connectivity index (χ2n) is 4.90. The van der Waals surface area contributed by atoms with Gasteiger partial charge in [-0.2, -0.15) is 0 Å². The lowest BCUT2D eigenvalue weighted by Crippen LogP contribution is -2.14. The quantitative estimate of drug-likeness (QED) is 0.669. The van der Waals surface area contributed by atoms with Crippen LogP contribution in [0.5, 0.6) is 0 Å². The zero-order valence-corrected chi connectivity index (χ0v) is 13.7.